The van der Waals surface area contributed by atoms with Gasteiger partial charge in [0, 0.05) is 17.7 Å². The lowest BCUT2D eigenvalue weighted by molar-refractivity contribution is -0.384. The zero-order valence-electron chi connectivity index (χ0n) is 10.3. The Morgan fingerprint density at radius 1 is 1.50 bits per heavy atom. The van der Waals surface area contributed by atoms with Crippen molar-refractivity contribution in [3.05, 3.63) is 33.9 Å². The molecule has 98 valence electrons. The number of nitro groups is 1. The molecule has 0 radical (unpaired) electrons. The van der Waals surface area contributed by atoms with Crippen LogP contribution in [0.3, 0.4) is 0 Å². The van der Waals surface area contributed by atoms with E-state index in [1.807, 2.05) is 6.92 Å². The minimum absolute atomic E-state index is 0.106. The average Bonchev–Trinajstić information content (AvgIpc) is 2.28. The number of aldehydes is 1. The number of carbonyl (C=O) groups excluding carboxylic acids is 1. The molecule has 18 heavy (non-hydrogen) atoms. The summed E-state index contributed by atoms with van der Waals surface area (Å²) >= 11 is 0. The van der Waals surface area contributed by atoms with Gasteiger partial charge in [0.25, 0.3) is 5.69 Å². The first-order valence-corrected chi connectivity index (χ1v) is 5.62. The topological polar surface area (TPSA) is 92.5 Å². The molecule has 1 aromatic carbocycles. The van der Waals surface area contributed by atoms with Gasteiger partial charge in [-0.2, -0.15) is 0 Å². The van der Waals surface area contributed by atoms with E-state index < -0.39 is 11.0 Å². The Hall–Kier alpha value is -1.95. The van der Waals surface area contributed by atoms with Crippen LogP contribution in [0.5, 0.6) is 0 Å². The number of anilines is 1. The van der Waals surface area contributed by atoms with Crippen LogP contribution in [0.4, 0.5) is 11.4 Å². The largest absolute Gasteiger partial charge is 0.393 e. The molecule has 0 aliphatic rings. The molecular weight excluding hydrogens is 236 g/mol. The van der Waals surface area contributed by atoms with Crippen molar-refractivity contribution in [3.8, 4) is 0 Å². The predicted molar refractivity (Wildman–Crippen MR) is 67.9 cm³/mol. The van der Waals surface area contributed by atoms with Gasteiger partial charge >= 0.3 is 0 Å². The molecule has 0 saturated heterocycles. The molecule has 0 heterocycles. The molecular formula is C12H16N2O4. The van der Waals surface area contributed by atoms with E-state index in [0.717, 1.165) is 0 Å². The van der Waals surface area contributed by atoms with Crippen LogP contribution in [-0.4, -0.2) is 28.5 Å². The van der Waals surface area contributed by atoms with E-state index in [-0.39, 0.29) is 17.3 Å². The first-order valence-electron chi connectivity index (χ1n) is 5.62. The van der Waals surface area contributed by atoms with Gasteiger partial charge in [0.1, 0.15) is 12.0 Å². The Kier molecular flexibility index (Phi) is 4.79. The first-order chi connectivity index (χ1) is 8.43. The summed E-state index contributed by atoms with van der Waals surface area (Å²) in [4.78, 5) is 20.9. The van der Waals surface area contributed by atoms with Gasteiger partial charge in [0.05, 0.1) is 11.0 Å². The van der Waals surface area contributed by atoms with E-state index >= 15 is 0 Å². The molecule has 0 amide bonds. The summed E-state index contributed by atoms with van der Waals surface area (Å²) in [6, 6.07) is 4.13. The molecule has 0 spiro atoms. The monoisotopic (exact) mass is 252 g/mol. The van der Waals surface area contributed by atoms with Crippen molar-refractivity contribution in [2.24, 2.45) is 0 Å². The van der Waals surface area contributed by atoms with Crippen molar-refractivity contribution in [2.75, 3.05) is 5.32 Å². The van der Waals surface area contributed by atoms with Crippen LogP contribution in [0.2, 0.25) is 0 Å². The van der Waals surface area contributed by atoms with E-state index in [0.29, 0.717) is 18.4 Å². The number of carbonyl (C=O) groups is 1. The normalized spacial score (nSPS) is 13.7. The van der Waals surface area contributed by atoms with Gasteiger partial charge in [-0.15, -0.1) is 0 Å². The fraction of sp³-hybridized carbons (Fsp3) is 0.417. The second-order valence-corrected chi connectivity index (χ2v) is 4.28. The second kappa shape index (κ2) is 6.11. The number of benzene rings is 1. The fourth-order valence-corrected chi connectivity index (χ4v) is 1.73. The van der Waals surface area contributed by atoms with Crippen LogP contribution in [-0.2, 0) is 0 Å². The third-order valence-electron chi connectivity index (χ3n) is 2.45. The molecule has 1 aromatic rings. The van der Waals surface area contributed by atoms with Crippen LogP contribution in [0, 0.1) is 10.1 Å². The molecule has 0 saturated carbocycles. The van der Waals surface area contributed by atoms with E-state index in [1.165, 1.54) is 18.2 Å². The first kappa shape index (κ1) is 14.1. The maximum Gasteiger partial charge on any atom is 0.293 e. The van der Waals surface area contributed by atoms with Crippen molar-refractivity contribution >= 4 is 17.7 Å². The predicted octanol–water partition coefficient (Wildman–Crippen LogP) is 1.98. The zero-order chi connectivity index (χ0) is 13.7. The zero-order valence-corrected chi connectivity index (χ0v) is 10.3. The molecule has 1 rings (SSSR count). The minimum Gasteiger partial charge on any atom is -0.393 e. The van der Waals surface area contributed by atoms with E-state index in [9.17, 15) is 20.0 Å². The fourth-order valence-electron chi connectivity index (χ4n) is 1.73. The molecule has 0 aliphatic heterocycles. The highest BCUT2D eigenvalue weighted by atomic mass is 16.6. The molecule has 0 aromatic heterocycles. The quantitative estimate of drug-likeness (QED) is 0.458. The van der Waals surface area contributed by atoms with E-state index in [2.05, 4.69) is 5.32 Å². The molecule has 2 atom stereocenters. The SMILES string of the molecule is CC(O)CC(C)Nc1ccc(C=O)cc1[N+](=O)[O-]. The van der Waals surface area contributed by atoms with Gasteiger partial charge in [-0.05, 0) is 32.4 Å². The lowest BCUT2D eigenvalue weighted by atomic mass is 10.1. The second-order valence-electron chi connectivity index (χ2n) is 4.28. The summed E-state index contributed by atoms with van der Waals surface area (Å²) in [7, 11) is 0. The molecule has 6 heteroatoms. The Labute approximate surface area is 105 Å². The summed E-state index contributed by atoms with van der Waals surface area (Å²) in [6.07, 6.45) is 0.559. The highest BCUT2D eigenvalue weighted by Gasteiger charge is 2.16. The van der Waals surface area contributed by atoms with Gasteiger partial charge in [-0.3, -0.25) is 14.9 Å². The van der Waals surface area contributed by atoms with Crippen molar-refractivity contribution in [2.45, 2.75) is 32.4 Å². The summed E-state index contributed by atoms with van der Waals surface area (Å²) in [5.74, 6) is 0. The average molecular weight is 252 g/mol. The van der Waals surface area contributed by atoms with Crippen LogP contribution < -0.4 is 5.32 Å². The summed E-state index contributed by atoms with van der Waals surface area (Å²) in [5, 5.41) is 23.1. The van der Waals surface area contributed by atoms with Crippen LogP contribution >= 0.6 is 0 Å². The van der Waals surface area contributed by atoms with Gasteiger partial charge in [0.15, 0.2) is 0 Å². The molecule has 2 unspecified atom stereocenters. The van der Waals surface area contributed by atoms with Crippen molar-refractivity contribution in [3.63, 3.8) is 0 Å². The Morgan fingerprint density at radius 3 is 2.67 bits per heavy atom. The molecule has 2 N–H and O–H groups in total. The third-order valence-corrected chi connectivity index (χ3v) is 2.45. The van der Waals surface area contributed by atoms with Crippen LogP contribution in [0.15, 0.2) is 18.2 Å². The number of aliphatic hydroxyl groups is 1. The summed E-state index contributed by atoms with van der Waals surface area (Å²) < 4.78 is 0. The van der Waals surface area contributed by atoms with E-state index in [4.69, 9.17) is 0 Å². The van der Waals surface area contributed by atoms with Crippen molar-refractivity contribution in [1.29, 1.82) is 0 Å². The van der Waals surface area contributed by atoms with Gasteiger partial charge in [-0.25, -0.2) is 0 Å². The van der Waals surface area contributed by atoms with Crippen LogP contribution in [0.1, 0.15) is 30.6 Å². The maximum atomic E-state index is 10.9. The minimum atomic E-state index is -0.537. The molecule has 6 nitrogen and oxygen atoms in total. The van der Waals surface area contributed by atoms with Gasteiger partial charge in [-0.1, -0.05) is 0 Å². The van der Waals surface area contributed by atoms with E-state index in [1.54, 1.807) is 6.92 Å². The maximum absolute atomic E-state index is 10.9. The van der Waals surface area contributed by atoms with Gasteiger partial charge in [0.2, 0.25) is 0 Å². The lowest BCUT2D eigenvalue weighted by Crippen LogP contribution is -2.21. The number of nitrogens with zero attached hydrogens (tertiary/aromatic N) is 1. The molecule has 0 fully saturated rings. The Balaban J connectivity index is 2.94. The number of nitro benzene ring substituents is 1. The van der Waals surface area contributed by atoms with Crippen LogP contribution in [0.25, 0.3) is 0 Å². The number of hydrogen-bond acceptors (Lipinski definition) is 5. The Morgan fingerprint density at radius 2 is 2.17 bits per heavy atom. The highest BCUT2D eigenvalue weighted by Crippen LogP contribution is 2.26. The number of nitrogens with one attached hydrogen (secondary N) is 1. The summed E-state index contributed by atoms with van der Waals surface area (Å²) in [6.45, 7) is 3.48. The summed E-state index contributed by atoms with van der Waals surface area (Å²) in [5.41, 5.74) is 0.464. The highest BCUT2D eigenvalue weighted by molar-refractivity contribution is 5.79. The number of rotatable bonds is 6. The van der Waals surface area contributed by atoms with Crippen molar-refractivity contribution in [1.82, 2.24) is 0 Å². The molecule has 0 aliphatic carbocycles. The van der Waals surface area contributed by atoms with Gasteiger partial charge < -0.3 is 10.4 Å². The van der Waals surface area contributed by atoms with Crippen molar-refractivity contribution < 1.29 is 14.8 Å². The number of hydrogen-bond donors (Lipinski definition) is 2. The smallest absolute Gasteiger partial charge is 0.293 e. The third kappa shape index (κ3) is 3.81. The molecule has 0 bridgehead atoms. The standard InChI is InChI=1S/C12H16N2O4/c1-8(5-9(2)16)13-11-4-3-10(7-15)6-12(11)14(17)18/h3-4,6-9,13,16H,5H2,1-2H3. The number of aliphatic hydroxyl groups excluding tert-OH is 1. The Bertz CT molecular complexity index is 446. The lowest BCUT2D eigenvalue weighted by Gasteiger charge is -2.16.